The summed E-state index contributed by atoms with van der Waals surface area (Å²) in [6.07, 6.45) is 0. The van der Waals surface area contributed by atoms with Crippen LogP contribution in [0.25, 0.3) is 11.1 Å². The molecule has 1 amide bonds. The van der Waals surface area contributed by atoms with Gasteiger partial charge in [0.2, 0.25) is 0 Å². The molecule has 4 rings (SSSR count). The van der Waals surface area contributed by atoms with E-state index in [0.29, 0.717) is 51.7 Å². The first-order chi connectivity index (χ1) is 13.8. The molecule has 8 heteroatoms. The molecule has 0 unspecified atom stereocenters. The lowest BCUT2D eigenvalue weighted by molar-refractivity contribution is 0.0693. The topological polar surface area (TPSA) is 102 Å². The van der Waals surface area contributed by atoms with Gasteiger partial charge in [0.1, 0.15) is 11.3 Å². The van der Waals surface area contributed by atoms with Crippen LogP contribution in [0.3, 0.4) is 0 Å². The van der Waals surface area contributed by atoms with E-state index in [4.69, 9.17) is 13.9 Å². The zero-order chi connectivity index (χ0) is 21.0. The first-order valence-electron chi connectivity index (χ1n) is 9.13. The van der Waals surface area contributed by atoms with Gasteiger partial charge in [-0.25, -0.2) is 9.78 Å². The summed E-state index contributed by atoms with van der Waals surface area (Å²) < 4.78 is 17.1. The van der Waals surface area contributed by atoms with Gasteiger partial charge in [0.05, 0.1) is 18.4 Å². The SMILES string of the molecule is CCN1C(=O)c2c(C)cc3oc(C)nc3c2Oc2c(C(=O)O)cc(OC)c(C)c21. The molecule has 29 heavy (non-hydrogen) atoms. The van der Waals surface area contributed by atoms with Gasteiger partial charge >= 0.3 is 5.97 Å². The van der Waals surface area contributed by atoms with Crippen LogP contribution >= 0.6 is 0 Å². The third kappa shape index (κ3) is 2.63. The number of aromatic nitrogens is 1. The first-order valence-corrected chi connectivity index (χ1v) is 9.13. The molecule has 0 spiro atoms. The predicted molar refractivity (Wildman–Crippen MR) is 106 cm³/mol. The van der Waals surface area contributed by atoms with Crippen LogP contribution in [0, 0.1) is 20.8 Å². The van der Waals surface area contributed by atoms with Crippen molar-refractivity contribution in [1.29, 1.82) is 0 Å². The first kappa shape index (κ1) is 18.8. The highest BCUT2D eigenvalue weighted by molar-refractivity contribution is 6.14. The normalized spacial score (nSPS) is 13.0. The van der Waals surface area contributed by atoms with Gasteiger partial charge in [0.25, 0.3) is 5.91 Å². The molecule has 0 saturated carbocycles. The second-order valence-electron chi connectivity index (χ2n) is 6.86. The number of nitrogens with zero attached hydrogens (tertiary/aromatic N) is 2. The van der Waals surface area contributed by atoms with E-state index in [2.05, 4.69) is 4.98 Å². The van der Waals surface area contributed by atoms with Crippen molar-refractivity contribution in [2.75, 3.05) is 18.6 Å². The smallest absolute Gasteiger partial charge is 0.339 e. The fourth-order valence-electron chi connectivity index (χ4n) is 3.79. The number of rotatable bonds is 3. The van der Waals surface area contributed by atoms with E-state index in [1.54, 1.807) is 26.8 Å². The lowest BCUT2D eigenvalue weighted by Crippen LogP contribution is -2.31. The zero-order valence-corrected chi connectivity index (χ0v) is 16.7. The molecular formula is C21H20N2O6. The number of carbonyl (C=O) groups excluding carboxylic acids is 1. The summed E-state index contributed by atoms with van der Waals surface area (Å²) in [5, 5.41) is 9.82. The maximum absolute atomic E-state index is 13.5. The second-order valence-corrected chi connectivity index (χ2v) is 6.86. The summed E-state index contributed by atoms with van der Waals surface area (Å²) in [6, 6.07) is 3.14. The number of carboxylic acids is 1. The van der Waals surface area contributed by atoms with Gasteiger partial charge in [0, 0.05) is 19.0 Å². The summed E-state index contributed by atoms with van der Waals surface area (Å²) in [5.41, 5.74) is 2.72. The molecule has 1 aromatic heterocycles. The maximum Gasteiger partial charge on any atom is 0.339 e. The van der Waals surface area contributed by atoms with Gasteiger partial charge in [-0.3, -0.25) is 4.79 Å². The average molecular weight is 396 g/mol. The van der Waals surface area contributed by atoms with E-state index in [-0.39, 0.29) is 23.0 Å². The molecular weight excluding hydrogens is 376 g/mol. The fraction of sp³-hybridized carbons (Fsp3) is 0.286. The molecule has 1 N–H and O–H groups in total. The number of hydrogen-bond acceptors (Lipinski definition) is 6. The number of anilines is 1. The third-order valence-corrected chi connectivity index (χ3v) is 5.10. The van der Waals surface area contributed by atoms with E-state index in [1.807, 2.05) is 6.92 Å². The van der Waals surface area contributed by atoms with Crippen molar-refractivity contribution >= 4 is 28.7 Å². The number of benzene rings is 2. The number of hydrogen-bond donors (Lipinski definition) is 1. The number of fused-ring (bicyclic) bond motifs is 4. The lowest BCUT2D eigenvalue weighted by atomic mass is 10.0. The Morgan fingerprint density at radius 3 is 2.59 bits per heavy atom. The molecule has 1 aliphatic rings. The summed E-state index contributed by atoms with van der Waals surface area (Å²) >= 11 is 0. The Morgan fingerprint density at radius 2 is 1.97 bits per heavy atom. The van der Waals surface area contributed by atoms with Crippen molar-refractivity contribution in [3.05, 3.63) is 40.3 Å². The van der Waals surface area contributed by atoms with Crippen molar-refractivity contribution in [2.45, 2.75) is 27.7 Å². The summed E-state index contributed by atoms with van der Waals surface area (Å²) in [6.45, 7) is 7.38. The van der Waals surface area contributed by atoms with Crippen molar-refractivity contribution in [3.8, 4) is 17.2 Å². The highest BCUT2D eigenvalue weighted by atomic mass is 16.5. The number of carboxylic acid groups (broad SMARTS) is 1. The van der Waals surface area contributed by atoms with Crippen molar-refractivity contribution in [3.63, 3.8) is 0 Å². The Hall–Kier alpha value is -3.55. The number of ether oxygens (including phenoxy) is 2. The quantitative estimate of drug-likeness (QED) is 0.707. The highest BCUT2D eigenvalue weighted by Crippen LogP contribution is 2.48. The van der Waals surface area contributed by atoms with Crippen molar-refractivity contribution in [2.24, 2.45) is 0 Å². The molecule has 0 atom stereocenters. The van der Waals surface area contributed by atoms with Gasteiger partial charge < -0.3 is 23.9 Å². The Kier molecular flexibility index (Phi) is 4.22. The molecule has 2 heterocycles. The molecule has 0 bridgehead atoms. The number of aryl methyl sites for hydroxylation is 2. The summed E-state index contributed by atoms with van der Waals surface area (Å²) in [4.78, 5) is 31.4. The molecule has 0 saturated heterocycles. The minimum absolute atomic E-state index is 0.0808. The molecule has 150 valence electrons. The lowest BCUT2D eigenvalue weighted by Gasteiger charge is -2.24. The van der Waals surface area contributed by atoms with Gasteiger partial charge in [-0.2, -0.15) is 0 Å². The largest absolute Gasteiger partial charge is 0.496 e. The van der Waals surface area contributed by atoms with Crippen LogP contribution in [-0.4, -0.2) is 35.6 Å². The van der Waals surface area contributed by atoms with Crippen LogP contribution in [0.4, 0.5) is 5.69 Å². The zero-order valence-electron chi connectivity index (χ0n) is 16.7. The molecule has 2 aromatic carbocycles. The van der Waals surface area contributed by atoms with E-state index in [1.165, 1.54) is 18.1 Å². The Bertz CT molecular complexity index is 1190. The van der Waals surface area contributed by atoms with Gasteiger partial charge in [-0.1, -0.05) is 0 Å². The molecule has 0 aliphatic carbocycles. The highest BCUT2D eigenvalue weighted by Gasteiger charge is 2.36. The predicted octanol–water partition coefficient (Wildman–Crippen LogP) is 4.23. The average Bonchev–Trinajstić information content (AvgIpc) is 2.97. The van der Waals surface area contributed by atoms with Gasteiger partial charge in [-0.15, -0.1) is 0 Å². The van der Waals surface area contributed by atoms with Crippen LogP contribution in [-0.2, 0) is 0 Å². The van der Waals surface area contributed by atoms with Crippen LogP contribution in [0.2, 0.25) is 0 Å². The minimum atomic E-state index is -1.19. The monoisotopic (exact) mass is 396 g/mol. The Balaban J connectivity index is 2.15. The van der Waals surface area contributed by atoms with Crippen LogP contribution < -0.4 is 14.4 Å². The van der Waals surface area contributed by atoms with Gasteiger partial charge in [-0.05, 0) is 38.5 Å². The third-order valence-electron chi connectivity index (χ3n) is 5.10. The number of methoxy groups -OCH3 is 1. The number of amides is 1. The molecule has 0 fully saturated rings. The second kappa shape index (κ2) is 6.51. The fourth-order valence-corrected chi connectivity index (χ4v) is 3.79. The Labute approximate surface area is 166 Å². The van der Waals surface area contributed by atoms with Crippen LogP contribution in [0.5, 0.6) is 17.2 Å². The van der Waals surface area contributed by atoms with Crippen molar-refractivity contribution < 1.29 is 28.6 Å². The summed E-state index contributed by atoms with van der Waals surface area (Å²) in [5.74, 6) is -0.421. The van der Waals surface area contributed by atoms with Crippen LogP contribution in [0.15, 0.2) is 16.5 Å². The van der Waals surface area contributed by atoms with E-state index < -0.39 is 5.97 Å². The van der Waals surface area contributed by atoms with E-state index in [9.17, 15) is 14.7 Å². The molecule has 3 aromatic rings. The number of oxazole rings is 1. The standard InChI is InChI=1S/C21H20N2O6/c1-6-23-17-10(3)13(27-5)8-12(21(25)26)18(17)29-19-15(20(23)24)9(2)7-14-16(19)22-11(4)28-14/h7-8H,6H2,1-5H3,(H,25,26). The number of aromatic carboxylic acids is 1. The van der Waals surface area contributed by atoms with E-state index in [0.717, 1.165) is 0 Å². The minimum Gasteiger partial charge on any atom is -0.496 e. The van der Waals surface area contributed by atoms with E-state index >= 15 is 0 Å². The van der Waals surface area contributed by atoms with Crippen molar-refractivity contribution in [1.82, 2.24) is 4.98 Å². The maximum atomic E-state index is 13.5. The van der Waals surface area contributed by atoms with Gasteiger partial charge in [0.15, 0.2) is 28.5 Å². The summed E-state index contributed by atoms with van der Waals surface area (Å²) in [7, 11) is 1.45. The van der Waals surface area contributed by atoms with Crippen LogP contribution in [0.1, 0.15) is 44.7 Å². The molecule has 8 nitrogen and oxygen atoms in total. The Morgan fingerprint density at radius 1 is 1.24 bits per heavy atom. The molecule has 0 radical (unpaired) electrons. The number of carbonyl (C=O) groups is 2. The molecule has 1 aliphatic heterocycles.